The van der Waals surface area contributed by atoms with Crippen LogP contribution in [0, 0.1) is 17.8 Å². The predicted octanol–water partition coefficient (Wildman–Crippen LogP) is 5.87. The third-order valence-electron chi connectivity index (χ3n) is 10.7. The van der Waals surface area contributed by atoms with E-state index in [2.05, 4.69) is 78.6 Å². The van der Waals surface area contributed by atoms with Crippen molar-refractivity contribution < 1.29 is 9.31 Å². The second kappa shape index (κ2) is 13.3. The van der Waals surface area contributed by atoms with Gasteiger partial charge in [0.2, 0.25) is 5.04 Å². The predicted molar refractivity (Wildman–Crippen MR) is 179 cm³/mol. The summed E-state index contributed by atoms with van der Waals surface area (Å²) in [5, 5.41) is 2.05. The minimum atomic E-state index is 0.101. The van der Waals surface area contributed by atoms with Crippen LogP contribution < -0.4 is 14.8 Å². The molecule has 0 amide bonds. The van der Waals surface area contributed by atoms with E-state index in [0.29, 0.717) is 29.8 Å². The molecule has 0 N–H and O–H groups in total. The molecular weight excluding hydrogens is 559 g/mol. The SMILES string of the molecule is CCN1C=C/C(=C\C=c2sc(=CC(=CC3=[N+](CC)C4CCC5CCCCC5C4S3)OC)n(CC)c2=O)C2CCCCC21. The topological polar surface area (TPSA) is 37.5 Å². The maximum atomic E-state index is 13.5. The Kier molecular flexibility index (Phi) is 9.54. The van der Waals surface area contributed by atoms with Gasteiger partial charge in [-0.25, -0.2) is 4.58 Å². The third kappa shape index (κ3) is 5.77. The van der Waals surface area contributed by atoms with Gasteiger partial charge in [-0.15, -0.1) is 11.3 Å². The van der Waals surface area contributed by atoms with Gasteiger partial charge >= 0.3 is 0 Å². The molecule has 3 heterocycles. The summed E-state index contributed by atoms with van der Waals surface area (Å²) in [5.41, 5.74) is 1.47. The van der Waals surface area contributed by atoms with Crippen molar-refractivity contribution in [3.8, 4) is 0 Å². The number of thiazole rings is 1. The van der Waals surface area contributed by atoms with Gasteiger partial charge in [0.15, 0.2) is 6.04 Å². The molecule has 0 saturated heterocycles. The lowest BCUT2D eigenvalue weighted by atomic mass is 9.69. The number of nitrogens with zero attached hydrogens (tertiary/aromatic N) is 3. The fourth-order valence-corrected chi connectivity index (χ4v) is 11.5. The van der Waals surface area contributed by atoms with Crippen molar-refractivity contribution in [2.75, 3.05) is 20.2 Å². The van der Waals surface area contributed by atoms with Crippen molar-refractivity contribution in [1.82, 2.24) is 9.47 Å². The summed E-state index contributed by atoms with van der Waals surface area (Å²) in [6.07, 6.45) is 26.7. The molecule has 3 fully saturated rings. The Morgan fingerprint density at radius 1 is 1.02 bits per heavy atom. The number of methoxy groups -OCH3 is 1. The van der Waals surface area contributed by atoms with E-state index in [0.717, 1.165) is 39.9 Å². The monoisotopic (exact) mass is 608 g/mol. The third-order valence-corrected chi connectivity index (χ3v) is 13.3. The van der Waals surface area contributed by atoms with Gasteiger partial charge in [0.25, 0.3) is 5.56 Å². The van der Waals surface area contributed by atoms with E-state index in [9.17, 15) is 4.79 Å². The summed E-state index contributed by atoms with van der Waals surface area (Å²) < 4.78 is 12.3. The molecule has 6 atom stereocenters. The van der Waals surface area contributed by atoms with Crippen molar-refractivity contribution >= 4 is 40.3 Å². The number of rotatable bonds is 7. The fourth-order valence-electron chi connectivity index (χ4n) is 8.60. The first-order chi connectivity index (χ1) is 20.6. The number of aromatic nitrogens is 1. The number of thioether (sulfide) groups is 1. The Bertz CT molecular complexity index is 1450. The first kappa shape index (κ1) is 30.1. The summed E-state index contributed by atoms with van der Waals surface area (Å²) >= 11 is 3.68. The smallest absolute Gasteiger partial charge is 0.269 e. The van der Waals surface area contributed by atoms with Gasteiger partial charge in [-0.2, -0.15) is 0 Å². The molecule has 0 aromatic carbocycles. The molecule has 228 valence electrons. The zero-order valence-electron chi connectivity index (χ0n) is 26.1. The maximum Gasteiger partial charge on any atom is 0.269 e. The molecule has 1 aromatic rings. The van der Waals surface area contributed by atoms with Crippen LogP contribution in [-0.4, -0.2) is 56.6 Å². The molecule has 0 bridgehead atoms. The van der Waals surface area contributed by atoms with Crippen molar-refractivity contribution in [2.24, 2.45) is 17.8 Å². The lowest BCUT2D eigenvalue weighted by Crippen LogP contribution is -2.44. The van der Waals surface area contributed by atoms with E-state index >= 15 is 0 Å². The largest absolute Gasteiger partial charge is 0.496 e. The average molecular weight is 609 g/mol. The number of hydrogen-bond donors (Lipinski definition) is 0. The van der Waals surface area contributed by atoms with Gasteiger partial charge < -0.3 is 9.64 Å². The molecule has 5 nitrogen and oxygen atoms in total. The van der Waals surface area contributed by atoms with E-state index in [-0.39, 0.29) is 5.56 Å². The minimum absolute atomic E-state index is 0.101. The maximum absolute atomic E-state index is 13.5. The van der Waals surface area contributed by atoms with Crippen molar-refractivity contribution in [3.63, 3.8) is 0 Å². The Morgan fingerprint density at radius 2 is 1.83 bits per heavy atom. The zero-order valence-corrected chi connectivity index (χ0v) is 27.7. The molecular formula is C35H50N3O2S2+. The second-order valence-electron chi connectivity index (χ2n) is 12.7. The Hall–Kier alpha value is -1.99. The summed E-state index contributed by atoms with van der Waals surface area (Å²) in [6, 6.07) is 1.25. The number of allylic oxidation sites excluding steroid dienone is 3. The highest BCUT2D eigenvalue weighted by atomic mass is 32.2. The van der Waals surface area contributed by atoms with Crippen LogP contribution in [0.3, 0.4) is 0 Å². The molecule has 6 unspecified atom stereocenters. The normalized spacial score (nSPS) is 33.3. The van der Waals surface area contributed by atoms with Gasteiger partial charge in [-0.1, -0.05) is 38.2 Å². The Labute approximate surface area is 260 Å². The molecule has 3 aliphatic carbocycles. The van der Waals surface area contributed by atoms with Crippen LogP contribution in [0.25, 0.3) is 12.2 Å². The summed E-state index contributed by atoms with van der Waals surface area (Å²) in [4.78, 5) is 16.0. The van der Waals surface area contributed by atoms with Crippen LogP contribution >= 0.6 is 23.1 Å². The van der Waals surface area contributed by atoms with Crippen LogP contribution in [0.5, 0.6) is 0 Å². The fraction of sp³-hybridized carbons (Fsp3) is 0.657. The highest BCUT2D eigenvalue weighted by molar-refractivity contribution is 8.14. The van der Waals surface area contributed by atoms with Crippen molar-refractivity contribution in [3.05, 3.63) is 55.3 Å². The molecule has 5 aliphatic rings. The summed E-state index contributed by atoms with van der Waals surface area (Å²) in [6.45, 7) is 9.35. The first-order valence-corrected chi connectivity index (χ1v) is 18.4. The van der Waals surface area contributed by atoms with Gasteiger partial charge in [-0.3, -0.25) is 9.36 Å². The number of ether oxygens (including phenoxy) is 1. The quantitative estimate of drug-likeness (QED) is 0.287. The second-order valence-corrected chi connectivity index (χ2v) is 15.0. The standard InChI is InChI=1S/C35H50N3O2S2/c1-5-36-21-20-25(27-13-10-11-15-29(27)36)17-19-31-35(39)38(7-3)33(41-31)23-26(40-4)22-32-37(6-2)30-18-16-24-12-8-9-14-28(24)34(30)42-32/h17,19-24,27-30,34H,5-16,18H2,1-4H3/q+1/b25-17+,31-19?. The molecule has 0 radical (unpaired) electrons. The first-order valence-electron chi connectivity index (χ1n) is 16.7. The molecule has 1 aromatic heterocycles. The number of hydrogen-bond acceptors (Lipinski definition) is 5. The van der Waals surface area contributed by atoms with E-state index in [1.54, 1.807) is 18.4 Å². The zero-order chi connectivity index (χ0) is 29.2. The van der Waals surface area contributed by atoms with Crippen molar-refractivity contribution in [2.45, 2.75) is 109 Å². The molecule has 0 spiro atoms. The van der Waals surface area contributed by atoms with Crippen LogP contribution in [0.4, 0.5) is 0 Å². The van der Waals surface area contributed by atoms with Crippen LogP contribution in [0.15, 0.2) is 40.6 Å². The van der Waals surface area contributed by atoms with Gasteiger partial charge in [-0.05, 0) is 94.0 Å². The van der Waals surface area contributed by atoms with E-state index < -0.39 is 0 Å². The van der Waals surface area contributed by atoms with E-state index in [1.165, 1.54) is 74.8 Å². The molecule has 6 rings (SSSR count). The van der Waals surface area contributed by atoms with Gasteiger partial charge in [0, 0.05) is 37.5 Å². The van der Waals surface area contributed by atoms with Crippen molar-refractivity contribution in [1.29, 1.82) is 0 Å². The summed E-state index contributed by atoms with van der Waals surface area (Å²) in [5.74, 6) is 3.19. The van der Waals surface area contributed by atoms with Gasteiger partial charge in [0.05, 0.1) is 23.0 Å². The molecule has 2 aliphatic heterocycles. The highest BCUT2D eigenvalue weighted by Gasteiger charge is 2.50. The number of fused-ring (bicyclic) bond motifs is 4. The minimum Gasteiger partial charge on any atom is -0.496 e. The van der Waals surface area contributed by atoms with Crippen LogP contribution in [0.2, 0.25) is 0 Å². The Morgan fingerprint density at radius 3 is 2.62 bits per heavy atom. The molecule has 42 heavy (non-hydrogen) atoms. The summed E-state index contributed by atoms with van der Waals surface area (Å²) in [7, 11) is 1.76. The van der Waals surface area contributed by atoms with E-state index in [4.69, 9.17) is 4.74 Å². The lowest BCUT2D eigenvalue weighted by molar-refractivity contribution is -0.560. The van der Waals surface area contributed by atoms with Crippen LogP contribution in [-0.2, 0) is 11.3 Å². The molecule has 7 heteroatoms. The Balaban J connectivity index is 1.31. The lowest BCUT2D eigenvalue weighted by Gasteiger charge is -2.42. The van der Waals surface area contributed by atoms with Crippen LogP contribution in [0.1, 0.15) is 85.0 Å². The van der Waals surface area contributed by atoms with E-state index in [1.807, 2.05) is 4.57 Å². The molecule has 3 saturated carbocycles. The average Bonchev–Trinajstić information content (AvgIpc) is 3.54. The highest BCUT2D eigenvalue weighted by Crippen LogP contribution is 2.49. The van der Waals surface area contributed by atoms with Gasteiger partial charge in [0.1, 0.15) is 17.0 Å².